The predicted octanol–water partition coefficient (Wildman–Crippen LogP) is 4.67. The van der Waals surface area contributed by atoms with E-state index < -0.39 is 57.1 Å². The van der Waals surface area contributed by atoms with Crippen LogP contribution in [0, 0.1) is 5.92 Å². The number of nitrogens with one attached hydrogen (secondary N) is 2. The molecule has 3 N–H and O–H groups in total. The molecule has 1 saturated carbocycles. The molecule has 10 nitrogen and oxygen atoms in total. The van der Waals surface area contributed by atoms with Crippen LogP contribution in [0.1, 0.15) is 56.9 Å². The summed E-state index contributed by atoms with van der Waals surface area (Å²) in [5.74, 6) is -2.62. The molecule has 1 amide bonds. The van der Waals surface area contributed by atoms with Gasteiger partial charge in [-0.25, -0.2) is 13.4 Å². The average molecular weight is 646 g/mol. The van der Waals surface area contributed by atoms with Crippen molar-refractivity contribution in [3.8, 4) is 17.0 Å². The van der Waals surface area contributed by atoms with E-state index in [4.69, 9.17) is 11.6 Å². The Kier molecular flexibility index (Phi) is 10.4. The normalized spacial score (nSPS) is 20.5. The molecule has 0 bridgehead atoms. The Hall–Kier alpha value is -2.72. The second-order valence-corrected chi connectivity index (χ2v) is 13.3. The van der Waals surface area contributed by atoms with Gasteiger partial charge in [0.15, 0.2) is 5.69 Å². The molecule has 1 aliphatic carbocycles. The Balaban J connectivity index is 1.89. The van der Waals surface area contributed by atoms with Crippen molar-refractivity contribution >= 4 is 33.2 Å². The van der Waals surface area contributed by atoms with Crippen LogP contribution in [-0.2, 0) is 16.4 Å². The number of nitrogens with zero attached hydrogens (tertiary/aromatic N) is 3. The maximum Gasteiger partial charge on any atom is 0.408 e. The first kappa shape index (κ1) is 33.8. The molecule has 1 atom stereocenters. The van der Waals surface area contributed by atoms with Crippen molar-refractivity contribution in [1.29, 1.82) is 0 Å². The second kappa shape index (κ2) is 12.9. The molecule has 1 unspecified atom stereocenters. The van der Waals surface area contributed by atoms with Gasteiger partial charge in [0.05, 0.1) is 27.1 Å². The highest BCUT2D eigenvalue weighted by atomic mass is 35.5. The van der Waals surface area contributed by atoms with E-state index in [2.05, 4.69) is 25.5 Å². The monoisotopic (exact) mass is 645 g/mol. The fourth-order valence-corrected chi connectivity index (χ4v) is 6.22. The zero-order valence-corrected chi connectivity index (χ0v) is 24.9. The lowest BCUT2D eigenvalue weighted by Gasteiger charge is -2.35. The number of amides is 1. The molecular weight excluding hydrogens is 613 g/mol. The van der Waals surface area contributed by atoms with E-state index in [0.717, 1.165) is 18.5 Å². The molecule has 0 radical (unpaired) electrons. The van der Waals surface area contributed by atoms with E-state index in [1.54, 1.807) is 6.92 Å². The van der Waals surface area contributed by atoms with Crippen LogP contribution >= 0.6 is 11.6 Å². The number of carbonyl (C=O) groups excluding carboxylic acids is 1. The van der Waals surface area contributed by atoms with E-state index in [0.29, 0.717) is 0 Å². The second-order valence-electron chi connectivity index (χ2n) is 10.6. The minimum atomic E-state index is -4.65. The van der Waals surface area contributed by atoms with Gasteiger partial charge in [0.25, 0.3) is 5.91 Å². The number of sulfone groups is 1. The molecule has 2 aromatic heterocycles. The molecule has 0 aliphatic heterocycles. The number of anilines is 1. The van der Waals surface area contributed by atoms with Gasteiger partial charge in [-0.15, -0.1) is 0 Å². The van der Waals surface area contributed by atoms with E-state index in [1.807, 2.05) is 0 Å². The number of rotatable bonds is 11. The molecule has 3 rings (SSSR count). The molecule has 236 valence electrons. The molecule has 0 saturated heterocycles. The van der Waals surface area contributed by atoms with Crippen molar-refractivity contribution in [2.45, 2.75) is 82.7 Å². The van der Waals surface area contributed by atoms with E-state index >= 15 is 0 Å². The lowest BCUT2D eigenvalue weighted by atomic mass is 9.84. The minimum absolute atomic E-state index is 0.0392. The number of aryl methyl sites for hydroxylation is 1. The number of aromatic nitrogens is 3. The van der Waals surface area contributed by atoms with Crippen molar-refractivity contribution in [2.24, 2.45) is 5.92 Å². The van der Waals surface area contributed by atoms with Crippen LogP contribution in [0.4, 0.5) is 27.8 Å². The number of alkyl halides is 5. The van der Waals surface area contributed by atoms with Gasteiger partial charge in [0.2, 0.25) is 0 Å². The third-order valence-corrected chi connectivity index (χ3v) is 9.16. The standard InChI is InChI=1S/C25H33ClF5N5O5S/c1-5-36-20(15-11-32-17(10-16(15)41-23(27)28)34-21(13(2)3)25(29,30)31)18(26)19(35-36)22(37)33-12-24(38)8-6-14(7-9-24)42(4,39)40/h10-11,13-14,21,23,38H,5-9,12H2,1-4H3,(H,32,34)(H,33,37). The predicted molar refractivity (Wildman–Crippen MR) is 145 cm³/mol. The topological polar surface area (TPSA) is 135 Å². The fraction of sp³-hybridized carbons (Fsp3) is 0.640. The number of pyridine rings is 1. The number of ether oxygens (including phenoxy) is 1. The van der Waals surface area contributed by atoms with Crippen molar-refractivity contribution in [3.05, 3.63) is 23.0 Å². The zero-order valence-electron chi connectivity index (χ0n) is 23.3. The first-order valence-electron chi connectivity index (χ1n) is 13.1. The van der Waals surface area contributed by atoms with Crippen LogP contribution in [0.2, 0.25) is 5.02 Å². The first-order valence-corrected chi connectivity index (χ1v) is 15.4. The number of hydrogen-bond acceptors (Lipinski definition) is 8. The summed E-state index contributed by atoms with van der Waals surface area (Å²) in [6, 6.07) is -1.14. The Morgan fingerprint density at radius 1 is 1.29 bits per heavy atom. The van der Waals surface area contributed by atoms with Crippen molar-refractivity contribution in [1.82, 2.24) is 20.1 Å². The molecule has 1 aliphatic rings. The Bertz CT molecular complexity index is 1380. The van der Waals surface area contributed by atoms with Gasteiger partial charge in [-0.1, -0.05) is 25.4 Å². The Morgan fingerprint density at radius 2 is 1.90 bits per heavy atom. The van der Waals surface area contributed by atoms with Gasteiger partial charge >= 0.3 is 12.8 Å². The maximum absolute atomic E-state index is 13.5. The molecule has 2 aromatic rings. The summed E-state index contributed by atoms with van der Waals surface area (Å²) in [5.41, 5.74) is -1.84. The van der Waals surface area contributed by atoms with Gasteiger partial charge in [-0.05, 0) is 38.5 Å². The lowest BCUT2D eigenvalue weighted by Crippen LogP contribution is -2.47. The first-order chi connectivity index (χ1) is 19.4. The van der Waals surface area contributed by atoms with Crippen LogP contribution in [0.5, 0.6) is 5.75 Å². The van der Waals surface area contributed by atoms with Crippen LogP contribution in [-0.4, -0.2) is 76.7 Å². The molecule has 42 heavy (non-hydrogen) atoms. The molecular formula is C25H33ClF5N5O5S. The smallest absolute Gasteiger partial charge is 0.408 e. The van der Waals surface area contributed by atoms with Gasteiger partial charge in [0.1, 0.15) is 27.4 Å². The van der Waals surface area contributed by atoms with E-state index in [-0.39, 0.29) is 66.6 Å². The number of halogens is 6. The van der Waals surface area contributed by atoms with E-state index in [1.165, 1.54) is 18.5 Å². The highest BCUT2D eigenvalue weighted by Crippen LogP contribution is 2.39. The van der Waals surface area contributed by atoms with Crippen molar-refractivity contribution in [3.63, 3.8) is 0 Å². The number of hydrogen-bond donors (Lipinski definition) is 3. The summed E-state index contributed by atoms with van der Waals surface area (Å²) in [4.78, 5) is 17.0. The molecule has 1 fully saturated rings. The quantitative estimate of drug-likeness (QED) is 0.300. The average Bonchev–Trinajstić information content (AvgIpc) is 3.20. The summed E-state index contributed by atoms with van der Waals surface area (Å²) >= 11 is 6.49. The number of aliphatic hydroxyl groups is 1. The summed E-state index contributed by atoms with van der Waals surface area (Å²) in [6.45, 7) is 0.843. The van der Waals surface area contributed by atoms with Crippen LogP contribution in [0.3, 0.4) is 0 Å². The van der Waals surface area contributed by atoms with Crippen LogP contribution < -0.4 is 15.4 Å². The third kappa shape index (κ3) is 8.01. The summed E-state index contributed by atoms with van der Waals surface area (Å²) in [5, 5.41) is 18.9. The minimum Gasteiger partial charge on any atom is -0.434 e. The zero-order chi connectivity index (χ0) is 31.6. The lowest BCUT2D eigenvalue weighted by molar-refractivity contribution is -0.150. The molecule has 17 heteroatoms. The van der Waals surface area contributed by atoms with Crippen molar-refractivity contribution in [2.75, 3.05) is 18.1 Å². The van der Waals surface area contributed by atoms with Gasteiger partial charge in [-0.2, -0.15) is 27.1 Å². The summed E-state index contributed by atoms with van der Waals surface area (Å²) in [6.07, 6.45) is -1.79. The Morgan fingerprint density at radius 3 is 2.40 bits per heavy atom. The largest absolute Gasteiger partial charge is 0.434 e. The van der Waals surface area contributed by atoms with Crippen molar-refractivity contribution < 1.29 is 45.0 Å². The summed E-state index contributed by atoms with van der Waals surface area (Å²) < 4.78 is 96.5. The van der Waals surface area contributed by atoms with Gasteiger partial charge in [-0.3, -0.25) is 9.48 Å². The van der Waals surface area contributed by atoms with Gasteiger partial charge < -0.3 is 20.5 Å². The summed E-state index contributed by atoms with van der Waals surface area (Å²) in [7, 11) is -3.26. The Labute approximate surface area is 244 Å². The number of carbonyl (C=O) groups is 1. The van der Waals surface area contributed by atoms with E-state index in [9.17, 15) is 40.3 Å². The molecule has 2 heterocycles. The molecule has 0 aromatic carbocycles. The maximum atomic E-state index is 13.5. The van der Waals surface area contributed by atoms with Crippen LogP contribution in [0.15, 0.2) is 12.3 Å². The van der Waals surface area contributed by atoms with Crippen LogP contribution in [0.25, 0.3) is 11.3 Å². The van der Waals surface area contributed by atoms with Gasteiger partial charge in [0, 0.05) is 31.6 Å². The highest BCUT2D eigenvalue weighted by molar-refractivity contribution is 7.91. The highest BCUT2D eigenvalue weighted by Gasteiger charge is 2.42. The fourth-order valence-electron chi connectivity index (χ4n) is 4.81. The third-order valence-electron chi connectivity index (χ3n) is 7.12. The molecule has 0 spiro atoms. The SMILES string of the molecule is CCn1nc(C(=O)NCC2(O)CCC(S(C)(=O)=O)CC2)c(Cl)c1-c1cnc(NC(C(C)C)C(F)(F)F)cc1OC(F)F.